The highest BCUT2D eigenvalue weighted by molar-refractivity contribution is 5.95. The Morgan fingerprint density at radius 1 is 1.41 bits per heavy atom. The van der Waals surface area contributed by atoms with Crippen LogP contribution in [0.25, 0.3) is 0 Å². The van der Waals surface area contributed by atoms with Crippen molar-refractivity contribution >= 4 is 11.9 Å². The molecule has 1 saturated heterocycles. The molecule has 1 aromatic heterocycles. The van der Waals surface area contributed by atoms with E-state index in [0.717, 1.165) is 13.1 Å². The summed E-state index contributed by atoms with van der Waals surface area (Å²) in [6.07, 6.45) is 0. The maximum atomic E-state index is 12.1. The van der Waals surface area contributed by atoms with E-state index in [-0.39, 0.29) is 17.4 Å². The topological polar surface area (TPSA) is 82.8 Å². The van der Waals surface area contributed by atoms with Gasteiger partial charge in [0.25, 0.3) is 5.91 Å². The van der Waals surface area contributed by atoms with Gasteiger partial charge in [-0.15, -0.1) is 0 Å². The van der Waals surface area contributed by atoms with E-state index in [4.69, 9.17) is 9.52 Å². The average molecular weight is 238 g/mol. The van der Waals surface area contributed by atoms with Gasteiger partial charge < -0.3 is 19.7 Å². The highest BCUT2D eigenvalue weighted by Crippen LogP contribution is 2.17. The highest BCUT2D eigenvalue weighted by Gasteiger charge is 2.24. The van der Waals surface area contributed by atoms with Crippen LogP contribution in [0, 0.1) is 6.92 Å². The van der Waals surface area contributed by atoms with Crippen molar-refractivity contribution in [3.05, 3.63) is 23.2 Å². The van der Waals surface area contributed by atoms with Crippen molar-refractivity contribution in [1.82, 2.24) is 10.2 Å². The van der Waals surface area contributed by atoms with Crippen molar-refractivity contribution in [2.75, 3.05) is 26.2 Å². The Morgan fingerprint density at radius 3 is 2.59 bits per heavy atom. The van der Waals surface area contributed by atoms with Gasteiger partial charge in [-0.2, -0.15) is 0 Å². The van der Waals surface area contributed by atoms with Crippen molar-refractivity contribution in [3.8, 4) is 0 Å². The lowest BCUT2D eigenvalue weighted by Gasteiger charge is -2.26. The van der Waals surface area contributed by atoms with E-state index >= 15 is 0 Å². The van der Waals surface area contributed by atoms with Gasteiger partial charge in [-0.05, 0) is 13.0 Å². The molecule has 0 spiro atoms. The molecule has 1 aliphatic rings. The quantitative estimate of drug-likeness (QED) is 0.776. The summed E-state index contributed by atoms with van der Waals surface area (Å²) >= 11 is 0. The van der Waals surface area contributed by atoms with Crippen molar-refractivity contribution in [2.24, 2.45) is 0 Å². The van der Waals surface area contributed by atoms with E-state index in [1.54, 1.807) is 11.8 Å². The first-order valence-corrected chi connectivity index (χ1v) is 5.43. The number of furan rings is 1. The molecule has 1 aromatic rings. The van der Waals surface area contributed by atoms with Crippen molar-refractivity contribution in [1.29, 1.82) is 0 Å². The molecule has 1 amide bonds. The molecular formula is C11H14N2O4. The predicted octanol–water partition coefficient (Wildman–Crippen LogP) is 0.332. The zero-order valence-electron chi connectivity index (χ0n) is 9.52. The molecule has 17 heavy (non-hydrogen) atoms. The van der Waals surface area contributed by atoms with Crippen LogP contribution in [-0.4, -0.2) is 48.1 Å². The van der Waals surface area contributed by atoms with Crippen LogP contribution in [0.5, 0.6) is 0 Å². The van der Waals surface area contributed by atoms with Gasteiger partial charge in [0, 0.05) is 31.7 Å². The van der Waals surface area contributed by atoms with Crippen LogP contribution in [0.15, 0.2) is 10.5 Å². The molecule has 1 aliphatic heterocycles. The van der Waals surface area contributed by atoms with Crippen molar-refractivity contribution in [3.63, 3.8) is 0 Å². The Kier molecular flexibility index (Phi) is 3.14. The summed E-state index contributed by atoms with van der Waals surface area (Å²) in [7, 11) is 0. The van der Waals surface area contributed by atoms with E-state index in [1.165, 1.54) is 6.07 Å². The van der Waals surface area contributed by atoms with Crippen LogP contribution < -0.4 is 5.32 Å². The molecule has 6 heteroatoms. The third kappa shape index (κ3) is 2.31. The van der Waals surface area contributed by atoms with Crippen molar-refractivity contribution in [2.45, 2.75) is 6.92 Å². The number of piperazine rings is 1. The SMILES string of the molecule is Cc1cc(C(=O)O)oc1C(=O)N1CCNCC1. The molecule has 1 fully saturated rings. The normalized spacial score (nSPS) is 15.9. The summed E-state index contributed by atoms with van der Waals surface area (Å²) < 4.78 is 5.08. The number of carboxylic acids is 1. The second-order valence-electron chi connectivity index (χ2n) is 3.97. The van der Waals surface area contributed by atoms with Gasteiger partial charge >= 0.3 is 5.97 Å². The Morgan fingerprint density at radius 2 is 2.06 bits per heavy atom. The third-order valence-corrected chi connectivity index (χ3v) is 2.73. The lowest BCUT2D eigenvalue weighted by Crippen LogP contribution is -2.46. The first-order chi connectivity index (χ1) is 8.09. The molecule has 0 saturated carbocycles. The number of rotatable bonds is 2. The van der Waals surface area contributed by atoms with Gasteiger partial charge in [0.15, 0.2) is 5.76 Å². The minimum atomic E-state index is -1.16. The molecule has 2 rings (SSSR count). The highest BCUT2D eigenvalue weighted by atomic mass is 16.4. The zero-order valence-corrected chi connectivity index (χ0v) is 9.52. The summed E-state index contributed by atoms with van der Waals surface area (Å²) in [5.74, 6) is -1.46. The summed E-state index contributed by atoms with van der Waals surface area (Å²) in [6.45, 7) is 4.39. The monoisotopic (exact) mass is 238 g/mol. The fourth-order valence-electron chi connectivity index (χ4n) is 1.81. The average Bonchev–Trinajstić information content (AvgIpc) is 2.72. The van der Waals surface area contributed by atoms with E-state index in [9.17, 15) is 9.59 Å². The van der Waals surface area contributed by atoms with Gasteiger partial charge in [0.1, 0.15) is 0 Å². The lowest BCUT2D eigenvalue weighted by molar-refractivity contribution is 0.0645. The number of aryl methyl sites for hydroxylation is 1. The smallest absolute Gasteiger partial charge is 0.371 e. The second kappa shape index (κ2) is 4.58. The van der Waals surface area contributed by atoms with E-state index in [2.05, 4.69) is 5.32 Å². The van der Waals surface area contributed by atoms with E-state index < -0.39 is 5.97 Å². The number of amides is 1. The number of carbonyl (C=O) groups excluding carboxylic acids is 1. The fourth-order valence-corrected chi connectivity index (χ4v) is 1.81. The molecule has 92 valence electrons. The maximum absolute atomic E-state index is 12.1. The molecule has 0 bridgehead atoms. The van der Waals surface area contributed by atoms with Crippen LogP contribution in [0.2, 0.25) is 0 Å². The number of nitrogens with zero attached hydrogens (tertiary/aromatic N) is 1. The molecule has 2 heterocycles. The van der Waals surface area contributed by atoms with Crippen LogP contribution in [-0.2, 0) is 0 Å². The number of hydrogen-bond acceptors (Lipinski definition) is 4. The summed E-state index contributed by atoms with van der Waals surface area (Å²) in [6, 6.07) is 1.37. The van der Waals surface area contributed by atoms with Gasteiger partial charge in [0.2, 0.25) is 5.76 Å². The minimum Gasteiger partial charge on any atom is -0.475 e. The number of carboxylic acid groups (broad SMARTS) is 1. The fraction of sp³-hybridized carbons (Fsp3) is 0.455. The van der Waals surface area contributed by atoms with E-state index in [1.807, 2.05) is 0 Å². The molecular weight excluding hydrogens is 224 g/mol. The minimum absolute atomic E-state index is 0.129. The first-order valence-electron chi connectivity index (χ1n) is 5.43. The number of aromatic carboxylic acids is 1. The van der Waals surface area contributed by atoms with Gasteiger partial charge in [-0.25, -0.2) is 4.79 Å². The Balaban J connectivity index is 2.20. The Labute approximate surface area is 98.2 Å². The molecule has 0 atom stereocenters. The summed E-state index contributed by atoms with van der Waals surface area (Å²) in [4.78, 5) is 24.5. The lowest BCUT2D eigenvalue weighted by atomic mass is 10.2. The summed E-state index contributed by atoms with van der Waals surface area (Å²) in [5.41, 5.74) is 0.561. The Bertz CT molecular complexity index is 446. The van der Waals surface area contributed by atoms with Crippen LogP contribution >= 0.6 is 0 Å². The van der Waals surface area contributed by atoms with Gasteiger partial charge in [-0.1, -0.05) is 0 Å². The molecule has 0 unspecified atom stereocenters. The molecule has 0 aromatic carbocycles. The number of carbonyl (C=O) groups is 2. The summed E-state index contributed by atoms with van der Waals surface area (Å²) in [5, 5.41) is 11.9. The predicted molar refractivity (Wildman–Crippen MR) is 59.2 cm³/mol. The van der Waals surface area contributed by atoms with Crippen LogP contribution in [0.3, 0.4) is 0 Å². The molecule has 6 nitrogen and oxygen atoms in total. The molecule has 0 radical (unpaired) electrons. The standard InChI is InChI=1S/C11H14N2O4/c1-7-6-8(11(15)16)17-9(7)10(14)13-4-2-12-3-5-13/h6,12H,2-5H2,1H3,(H,15,16). The number of nitrogens with one attached hydrogen (secondary N) is 1. The first kappa shape index (κ1) is 11.7. The number of hydrogen-bond donors (Lipinski definition) is 2. The molecule has 0 aliphatic carbocycles. The second-order valence-corrected chi connectivity index (χ2v) is 3.97. The van der Waals surface area contributed by atoms with Gasteiger partial charge in [-0.3, -0.25) is 4.79 Å². The molecule has 2 N–H and O–H groups in total. The maximum Gasteiger partial charge on any atom is 0.371 e. The van der Waals surface area contributed by atoms with Crippen molar-refractivity contribution < 1.29 is 19.1 Å². The Hall–Kier alpha value is -1.82. The third-order valence-electron chi connectivity index (χ3n) is 2.73. The van der Waals surface area contributed by atoms with E-state index in [0.29, 0.717) is 18.7 Å². The van der Waals surface area contributed by atoms with Gasteiger partial charge in [0.05, 0.1) is 0 Å². The van der Waals surface area contributed by atoms with Crippen LogP contribution in [0.1, 0.15) is 26.7 Å². The largest absolute Gasteiger partial charge is 0.475 e. The van der Waals surface area contributed by atoms with Crippen LogP contribution in [0.4, 0.5) is 0 Å². The zero-order chi connectivity index (χ0) is 12.4.